The molecule has 0 saturated heterocycles. The van der Waals surface area contributed by atoms with Gasteiger partial charge in [-0.2, -0.15) is 0 Å². The molecule has 0 radical (unpaired) electrons. The standard InChI is InChI=1S/C12H17BrN2O/c1-7-4-5-10(13)11(6-7)15-12(16)8(2)9(3)14/h4-6,8-9H,14H2,1-3H3,(H,15,16). The molecule has 4 heteroatoms. The zero-order valence-electron chi connectivity index (χ0n) is 9.75. The van der Waals surface area contributed by atoms with Crippen molar-refractivity contribution in [1.29, 1.82) is 0 Å². The van der Waals surface area contributed by atoms with Gasteiger partial charge in [0.25, 0.3) is 0 Å². The van der Waals surface area contributed by atoms with Gasteiger partial charge in [0.15, 0.2) is 0 Å². The molecule has 0 aliphatic carbocycles. The number of nitrogens with one attached hydrogen (secondary N) is 1. The highest BCUT2D eigenvalue weighted by molar-refractivity contribution is 9.10. The van der Waals surface area contributed by atoms with Crippen LogP contribution in [0.1, 0.15) is 19.4 Å². The number of hydrogen-bond donors (Lipinski definition) is 2. The van der Waals surface area contributed by atoms with Crippen LogP contribution in [0.4, 0.5) is 5.69 Å². The van der Waals surface area contributed by atoms with E-state index < -0.39 is 0 Å². The number of anilines is 1. The highest BCUT2D eigenvalue weighted by Crippen LogP contribution is 2.24. The van der Waals surface area contributed by atoms with E-state index in [1.165, 1.54) is 0 Å². The predicted octanol–water partition coefficient (Wildman–Crippen LogP) is 2.68. The van der Waals surface area contributed by atoms with Gasteiger partial charge in [0, 0.05) is 10.5 Å². The molecule has 3 N–H and O–H groups in total. The number of carbonyl (C=O) groups is 1. The molecule has 1 rings (SSSR count). The van der Waals surface area contributed by atoms with Crippen molar-refractivity contribution in [3.63, 3.8) is 0 Å². The molecule has 0 aliphatic heterocycles. The zero-order chi connectivity index (χ0) is 12.3. The molecule has 0 spiro atoms. The van der Waals surface area contributed by atoms with Gasteiger partial charge in [-0.1, -0.05) is 13.0 Å². The zero-order valence-corrected chi connectivity index (χ0v) is 11.3. The third-order valence-electron chi connectivity index (χ3n) is 2.58. The van der Waals surface area contributed by atoms with Crippen molar-refractivity contribution in [2.75, 3.05) is 5.32 Å². The second kappa shape index (κ2) is 5.46. The van der Waals surface area contributed by atoms with E-state index in [0.29, 0.717) is 0 Å². The molecule has 0 bridgehead atoms. The molecule has 0 aromatic heterocycles. The van der Waals surface area contributed by atoms with E-state index >= 15 is 0 Å². The van der Waals surface area contributed by atoms with E-state index in [0.717, 1.165) is 15.7 Å². The molecule has 2 unspecified atom stereocenters. The maximum Gasteiger partial charge on any atom is 0.228 e. The van der Waals surface area contributed by atoms with Crippen LogP contribution in [0.25, 0.3) is 0 Å². The number of hydrogen-bond acceptors (Lipinski definition) is 2. The lowest BCUT2D eigenvalue weighted by Crippen LogP contribution is -2.34. The Labute approximate surface area is 105 Å². The van der Waals surface area contributed by atoms with E-state index in [9.17, 15) is 4.79 Å². The quantitative estimate of drug-likeness (QED) is 0.897. The molecule has 0 heterocycles. The van der Waals surface area contributed by atoms with Crippen LogP contribution < -0.4 is 11.1 Å². The van der Waals surface area contributed by atoms with E-state index in [2.05, 4.69) is 21.2 Å². The van der Waals surface area contributed by atoms with Crippen molar-refractivity contribution in [1.82, 2.24) is 0 Å². The second-order valence-electron chi connectivity index (χ2n) is 4.12. The Morgan fingerprint density at radius 2 is 2.06 bits per heavy atom. The molecule has 0 fully saturated rings. The van der Waals surface area contributed by atoms with Crippen LogP contribution in [0.5, 0.6) is 0 Å². The fourth-order valence-electron chi connectivity index (χ4n) is 1.22. The Balaban J connectivity index is 2.80. The van der Waals surface area contributed by atoms with Crippen molar-refractivity contribution >= 4 is 27.5 Å². The Bertz CT molecular complexity index is 391. The Morgan fingerprint density at radius 1 is 1.44 bits per heavy atom. The monoisotopic (exact) mass is 284 g/mol. The Hall–Kier alpha value is -0.870. The van der Waals surface area contributed by atoms with Gasteiger partial charge in [-0.05, 0) is 47.5 Å². The molecule has 1 aromatic rings. The minimum atomic E-state index is -0.201. The predicted molar refractivity (Wildman–Crippen MR) is 70.3 cm³/mol. The molecule has 88 valence electrons. The number of carbonyl (C=O) groups excluding carboxylic acids is 1. The van der Waals surface area contributed by atoms with Gasteiger partial charge in [-0.25, -0.2) is 0 Å². The normalized spacial score (nSPS) is 14.3. The van der Waals surface area contributed by atoms with Gasteiger partial charge in [-0.3, -0.25) is 4.79 Å². The number of aryl methyl sites for hydroxylation is 1. The number of rotatable bonds is 3. The maximum absolute atomic E-state index is 11.8. The third-order valence-corrected chi connectivity index (χ3v) is 3.27. The summed E-state index contributed by atoms with van der Waals surface area (Å²) >= 11 is 3.40. The SMILES string of the molecule is Cc1ccc(Br)c(NC(=O)C(C)C(C)N)c1. The van der Waals surface area contributed by atoms with Crippen molar-refractivity contribution in [2.24, 2.45) is 11.7 Å². The summed E-state index contributed by atoms with van der Waals surface area (Å²) in [5, 5.41) is 2.87. The summed E-state index contributed by atoms with van der Waals surface area (Å²) in [6.45, 7) is 5.64. The summed E-state index contributed by atoms with van der Waals surface area (Å²) in [7, 11) is 0. The lowest BCUT2D eigenvalue weighted by atomic mass is 10.0. The lowest BCUT2D eigenvalue weighted by molar-refractivity contribution is -0.119. The first-order chi connectivity index (χ1) is 7.41. The van der Waals surface area contributed by atoms with Crippen LogP contribution in [0.3, 0.4) is 0 Å². The average molecular weight is 285 g/mol. The number of amides is 1. The van der Waals surface area contributed by atoms with Crippen molar-refractivity contribution in [3.05, 3.63) is 28.2 Å². The average Bonchev–Trinajstić information content (AvgIpc) is 2.22. The smallest absolute Gasteiger partial charge is 0.228 e. The second-order valence-corrected chi connectivity index (χ2v) is 4.97. The lowest BCUT2D eigenvalue weighted by Gasteiger charge is -2.16. The fourth-order valence-corrected chi connectivity index (χ4v) is 1.57. The van der Waals surface area contributed by atoms with Crippen LogP contribution >= 0.6 is 15.9 Å². The topological polar surface area (TPSA) is 55.1 Å². The molecule has 0 saturated carbocycles. The molecular weight excluding hydrogens is 268 g/mol. The summed E-state index contributed by atoms with van der Waals surface area (Å²) in [5.41, 5.74) is 7.58. The largest absolute Gasteiger partial charge is 0.327 e. The van der Waals surface area contributed by atoms with E-state index in [1.807, 2.05) is 39.0 Å². The molecule has 2 atom stereocenters. The number of benzene rings is 1. The van der Waals surface area contributed by atoms with Crippen LogP contribution in [-0.2, 0) is 4.79 Å². The van der Waals surface area contributed by atoms with Gasteiger partial charge >= 0.3 is 0 Å². The van der Waals surface area contributed by atoms with Crippen molar-refractivity contribution < 1.29 is 4.79 Å². The third kappa shape index (κ3) is 3.32. The van der Waals surface area contributed by atoms with Crippen LogP contribution in [0.2, 0.25) is 0 Å². The number of nitrogens with two attached hydrogens (primary N) is 1. The first kappa shape index (κ1) is 13.2. The van der Waals surface area contributed by atoms with Crippen molar-refractivity contribution in [2.45, 2.75) is 26.8 Å². The van der Waals surface area contributed by atoms with Gasteiger partial charge in [0.05, 0.1) is 11.6 Å². The molecule has 1 aromatic carbocycles. The van der Waals surface area contributed by atoms with Crippen LogP contribution in [0.15, 0.2) is 22.7 Å². The summed E-state index contributed by atoms with van der Waals surface area (Å²) in [4.78, 5) is 11.8. The Kier molecular flexibility index (Phi) is 4.50. The van der Waals surface area contributed by atoms with Crippen LogP contribution in [0, 0.1) is 12.8 Å². The molecule has 0 aliphatic rings. The summed E-state index contributed by atoms with van der Waals surface area (Å²) in [6.07, 6.45) is 0. The Morgan fingerprint density at radius 3 is 2.62 bits per heavy atom. The summed E-state index contributed by atoms with van der Waals surface area (Å²) in [6, 6.07) is 5.68. The van der Waals surface area contributed by atoms with E-state index in [1.54, 1.807) is 0 Å². The van der Waals surface area contributed by atoms with Gasteiger partial charge in [0.1, 0.15) is 0 Å². The van der Waals surface area contributed by atoms with E-state index in [4.69, 9.17) is 5.73 Å². The minimum Gasteiger partial charge on any atom is -0.327 e. The first-order valence-corrected chi connectivity index (χ1v) is 6.03. The maximum atomic E-state index is 11.8. The minimum absolute atomic E-state index is 0.0544. The van der Waals surface area contributed by atoms with Gasteiger partial charge < -0.3 is 11.1 Å². The summed E-state index contributed by atoms with van der Waals surface area (Å²) in [5.74, 6) is -0.256. The summed E-state index contributed by atoms with van der Waals surface area (Å²) < 4.78 is 0.878. The van der Waals surface area contributed by atoms with Crippen LogP contribution in [-0.4, -0.2) is 11.9 Å². The first-order valence-electron chi connectivity index (χ1n) is 5.24. The molecular formula is C12H17BrN2O. The van der Waals surface area contributed by atoms with Gasteiger partial charge in [0.2, 0.25) is 5.91 Å². The van der Waals surface area contributed by atoms with Crippen molar-refractivity contribution in [3.8, 4) is 0 Å². The molecule has 3 nitrogen and oxygen atoms in total. The number of halogens is 1. The van der Waals surface area contributed by atoms with E-state index in [-0.39, 0.29) is 17.9 Å². The van der Waals surface area contributed by atoms with Gasteiger partial charge in [-0.15, -0.1) is 0 Å². The highest BCUT2D eigenvalue weighted by Gasteiger charge is 2.17. The fraction of sp³-hybridized carbons (Fsp3) is 0.417. The molecule has 16 heavy (non-hydrogen) atoms. The highest BCUT2D eigenvalue weighted by atomic mass is 79.9. The molecule has 1 amide bonds.